The Kier molecular flexibility index (Phi) is 4.00. The van der Waals surface area contributed by atoms with Gasteiger partial charge in [-0.05, 0) is 75.1 Å². The average Bonchev–Trinajstić information content (AvgIpc) is 3.09. The van der Waals surface area contributed by atoms with Gasteiger partial charge in [-0.3, -0.25) is 4.90 Å². The molecule has 0 saturated carbocycles. The van der Waals surface area contributed by atoms with Crippen molar-refractivity contribution in [2.75, 3.05) is 19.6 Å². The van der Waals surface area contributed by atoms with Crippen LogP contribution in [0.1, 0.15) is 43.2 Å². The third kappa shape index (κ3) is 2.89. The first-order valence-electron chi connectivity index (χ1n) is 8.94. The summed E-state index contributed by atoms with van der Waals surface area (Å²) < 4.78 is 0. The van der Waals surface area contributed by atoms with Crippen LogP contribution in [-0.4, -0.2) is 36.6 Å². The highest BCUT2D eigenvalue weighted by Gasteiger charge is 2.32. The molecule has 2 nitrogen and oxygen atoms in total. The molecule has 1 N–H and O–H groups in total. The second-order valence-electron chi connectivity index (χ2n) is 7.27. The van der Waals surface area contributed by atoms with Crippen molar-refractivity contribution in [3.8, 4) is 0 Å². The monoisotopic (exact) mass is 284 g/mol. The molecule has 2 saturated heterocycles. The molecule has 2 fully saturated rings. The highest BCUT2D eigenvalue weighted by Crippen LogP contribution is 2.30. The van der Waals surface area contributed by atoms with Gasteiger partial charge in [0.05, 0.1) is 0 Å². The van der Waals surface area contributed by atoms with Crippen LogP contribution in [0.5, 0.6) is 0 Å². The molecule has 0 radical (unpaired) electrons. The van der Waals surface area contributed by atoms with Crippen molar-refractivity contribution in [1.29, 1.82) is 0 Å². The number of fused-ring (bicyclic) bond motifs is 1. The smallest absolute Gasteiger partial charge is 0.0139 e. The summed E-state index contributed by atoms with van der Waals surface area (Å²) in [4.78, 5) is 2.82. The van der Waals surface area contributed by atoms with Crippen LogP contribution < -0.4 is 5.32 Å². The molecule has 114 valence electrons. The molecule has 0 spiro atoms. The fourth-order valence-corrected chi connectivity index (χ4v) is 4.80. The van der Waals surface area contributed by atoms with Crippen LogP contribution in [0.4, 0.5) is 0 Å². The van der Waals surface area contributed by atoms with E-state index in [2.05, 4.69) is 34.5 Å². The second kappa shape index (κ2) is 6.10. The fraction of sp³-hybridized carbons (Fsp3) is 0.684. The van der Waals surface area contributed by atoms with E-state index < -0.39 is 0 Å². The minimum atomic E-state index is 0.795. The first-order chi connectivity index (χ1) is 10.4. The van der Waals surface area contributed by atoms with Crippen LogP contribution in [0.25, 0.3) is 0 Å². The first kappa shape index (κ1) is 13.8. The van der Waals surface area contributed by atoms with Gasteiger partial charge in [-0.1, -0.05) is 24.3 Å². The molecule has 0 aromatic heterocycles. The molecule has 21 heavy (non-hydrogen) atoms. The molecule has 1 aromatic rings. The Labute approximate surface area is 128 Å². The molecule has 3 unspecified atom stereocenters. The summed E-state index contributed by atoms with van der Waals surface area (Å²) in [6.07, 6.45) is 9.56. The van der Waals surface area contributed by atoms with Crippen LogP contribution in [0.15, 0.2) is 24.3 Å². The van der Waals surface area contributed by atoms with Crippen molar-refractivity contribution < 1.29 is 0 Å². The minimum absolute atomic E-state index is 0.795. The van der Waals surface area contributed by atoms with Crippen molar-refractivity contribution in [1.82, 2.24) is 10.2 Å². The largest absolute Gasteiger partial charge is 0.314 e. The molecule has 3 aliphatic rings. The van der Waals surface area contributed by atoms with Gasteiger partial charge in [0.15, 0.2) is 0 Å². The number of likely N-dealkylation sites (tertiary alicyclic amines) is 1. The Balaban J connectivity index is 1.42. The standard InChI is InChI=1S/C19H28N2/c1-2-6-16-13-18(10-9-15(16)5-1)21-12-4-7-17(14-21)19-8-3-11-20-19/h1-2,5-6,17-20H,3-4,7-14H2. The lowest BCUT2D eigenvalue weighted by molar-refractivity contribution is 0.0990. The predicted molar refractivity (Wildman–Crippen MR) is 87.6 cm³/mol. The highest BCUT2D eigenvalue weighted by atomic mass is 15.2. The van der Waals surface area contributed by atoms with E-state index in [0.29, 0.717) is 0 Å². The molecule has 2 heterocycles. The van der Waals surface area contributed by atoms with E-state index in [1.54, 1.807) is 11.1 Å². The average molecular weight is 284 g/mol. The van der Waals surface area contributed by atoms with Crippen molar-refractivity contribution in [2.24, 2.45) is 5.92 Å². The van der Waals surface area contributed by atoms with Crippen molar-refractivity contribution in [3.05, 3.63) is 35.4 Å². The maximum Gasteiger partial charge on any atom is 0.0139 e. The summed E-state index contributed by atoms with van der Waals surface area (Å²) in [6, 6.07) is 10.7. The van der Waals surface area contributed by atoms with Gasteiger partial charge in [-0.2, -0.15) is 0 Å². The number of aryl methyl sites for hydroxylation is 1. The van der Waals surface area contributed by atoms with Crippen molar-refractivity contribution in [2.45, 2.75) is 57.0 Å². The normalized spacial score (nSPS) is 33.8. The van der Waals surface area contributed by atoms with E-state index >= 15 is 0 Å². The summed E-state index contributed by atoms with van der Waals surface area (Å²) in [7, 11) is 0. The van der Waals surface area contributed by atoms with E-state index in [4.69, 9.17) is 0 Å². The van der Waals surface area contributed by atoms with Gasteiger partial charge >= 0.3 is 0 Å². The number of piperidine rings is 1. The summed E-state index contributed by atoms with van der Waals surface area (Å²) in [6.45, 7) is 3.92. The zero-order valence-electron chi connectivity index (χ0n) is 13.1. The second-order valence-corrected chi connectivity index (χ2v) is 7.27. The molecule has 1 aromatic carbocycles. The molecule has 2 heteroatoms. The number of hydrogen-bond acceptors (Lipinski definition) is 2. The SMILES string of the molecule is c1ccc2c(c1)CCC(N1CCCC(C3CCCN3)C1)C2. The lowest BCUT2D eigenvalue weighted by Gasteiger charge is -2.42. The third-order valence-corrected chi connectivity index (χ3v) is 5.99. The van der Waals surface area contributed by atoms with Gasteiger partial charge in [0.2, 0.25) is 0 Å². The Bertz CT molecular complexity index is 478. The van der Waals surface area contributed by atoms with E-state index in [0.717, 1.165) is 18.0 Å². The van der Waals surface area contributed by atoms with Gasteiger partial charge in [0, 0.05) is 18.6 Å². The van der Waals surface area contributed by atoms with Crippen LogP contribution in [-0.2, 0) is 12.8 Å². The van der Waals surface area contributed by atoms with Gasteiger partial charge < -0.3 is 5.32 Å². The van der Waals surface area contributed by atoms with Gasteiger partial charge in [0.1, 0.15) is 0 Å². The Morgan fingerprint density at radius 1 is 1.00 bits per heavy atom. The topological polar surface area (TPSA) is 15.3 Å². The number of nitrogens with one attached hydrogen (secondary N) is 1. The van der Waals surface area contributed by atoms with Gasteiger partial charge in [-0.15, -0.1) is 0 Å². The van der Waals surface area contributed by atoms with Gasteiger partial charge in [0.25, 0.3) is 0 Å². The third-order valence-electron chi connectivity index (χ3n) is 5.99. The van der Waals surface area contributed by atoms with E-state index in [-0.39, 0.29) is 0 Å². The lowest BCUT2D eigenvalue weighted by Crippen LogP contribution is -2.49. The lowest BCUT2D eigenvalue weighted by atomic mass is 9.84. The number of hydrogen-bond donors (Lipinski definition) is 1. The van der Waals surface area contributed by atoms with E-state index in [1.807, 2.05) is 0 Å². The summed E-state index contributed by atoms with van der Waals surface area (Å²) in [5.74, 6) is 0.901. The zero-order valence-corrected chi connectivity index (χ0v) is 13.1. The molecule has 0 bridgehead atoms. The Morgan fingerprint density at radius 2 is 1.90 bits per heavy atom. The molecule has 1 aliphatic carbocycles. The molecular weight excluding hydrogens is 256 g/mol. The zero-order chi connectivity index (χ0) is 14.1. The van der Waals surface area contributed by atoms with Crippen LogP contribution >= 0.6 is 0 Å². The van der Waals surface area contributed by atoms with Crippen LogP contribution in [0.2, 0.25) is 0 Å². The fourth-order valence-electron chi connectivity index (χ4n) is 4.80. The molecule has 2 aliphatic heterocycles. The summed E-state index contributed by atoms with van der Waals surface area (Å²) in [5, 5.41) is 3.74. The number of nitrogens with zero attached hydrogens (tertiary/aromatic N) is 1. The quantitative estimate of drug-likeness (QED) is 0.898. The maximum atomic E-state index is 3.74. The van der Waals surface area contributed by atoms with Crippen LogP contribution in [0.3, 0.4) is 0 Å². The van der Waals surface area contributed by atoms with E-state index in [9.17, 15) is 0 Å². The molecule has 0 amide bonds. The van der Waals surface area contributed by atoms with Crippen LogP contribution in [0, 0.1) is 5.92 Å². The Hall–Kier alpha value is -0.860. The van der Waals surface area contributed by atoms with Crippen molar-refractivity contribution in [3.63, 3.8) is 0 Å². The van der Waals surface area contributed by atoms with Gasteiger partial charge in [-0.25, -0.2) is 0 Å². The maximum absolute atomic E-state index is 3.74. The summed E-state index contributed by atoms with van der Waals surface area (Å²) in [5.41, 5.74) is 3.20. The number of rotatable bonds is 2. The highest BCUT2D eigenvalue weighted by molar-refractivity contribution is 5.30. The molecule has 4 rings (SSSR count). The predicted octanol–water partition coefficient (Wildman–Crippen LogP) is 3.01. The van der Waals surface area contributed by atoms with E-state index in [1.165, 1.54) is 64.6 Å². The summed E-state index contributed by atoms with van der Waals surface area (Å²) >= 11 is 0. The Morgan fingerprint density at radius 3 is 2.76 bits per heavy atom. The number of benzene rings is 1. The molecular formula is C19H28N2. The first-order valence-corrected chi connectivity index (χ1v) is 8.94. The minimum Gasteiger partial charge on any atom is -0.314 e. The van der Waals surface area contributed by atoms with Crippen molar-refractivity contribution >= 4 is 0 Å². The molecule has 3 atom stereocenters.